The van der Waals surface area contributed by atoms with E-state index in [0.29, 0.717) is 18.2 Å². The molecule has 9 heteroatoms. The minimum absolute atomic E-state index is 0.0225. The number of nitrogens with zero attached hydrogens (tertiary/aromatic N) is 2. The number of carbonyl (C=O) groups is 2. The third kappa shape index (κ3) is 3.77. The summed E-state index contributed by atoms with van der Waals surface area (Å²) >= 11 is 0. The Balaban J connectivity index is 1.75. The molecule has 0 saturated carbocycles. The van der Waals surface area contributed by atoms with Gasteiger partial charge in [0.15, 0.2) is 0 Å². The predicted molar refractivity (Wildman–Crippen MR) is 110 cm³/mol. The molecule has 0 aliphatic carbocycles. The molecule has 3 aromatic rings. The van der Waals surface area contributed by atoms with Crippen LogP contribution in [0.15, 0.2) is 60.4 Å². The number of aryl methyl sites for hydroxylation is 1. The minimum Gasteiger partial charge on any atom is -0.477 e. The molecule has 1 aliphatic rings. The third-order valence-electron chi connectivity index (χ3n) is 5.04. The molecule has 2 aromatic carbocycles. The first-order valence-corrected chi connectivity index (χ1v) is 9.53. The van der Waals surface area contributed by atoms with E-state index in [0.717, 1.165) is 11.6 Å². The van der Waals surface area contributed by atoms with Crippen molar-refractivity contribution in [2.24, 2.45) is 0 Å². The normalized spacial score (nSPS) is 14.9. The number of rotatable bonds is 5. The standard InChI is InChI=1S/C22H18F2N4O3/c1-2-12-5-3-4-6-17(12)27-21(29)15-11-25-28-19(10-18(22(30)31)26-20(15)28)14-8-7-13(23)9-16(14)24/h3-11,19,26H,2H2,1H3,(H,27,29)(H,30,31). The van der Waals surface area contributed by atoms with Crippen LogP contribution in [0.5, 0.6) is 0 Å². The number of amides is 1. The summed E-state index contributed by atoms with van der Waals surface area (Å²) in [6.45, 7) is 1.96. The number of nitrogens with one attached hydrogen (secondary N) is 2. The lowest BCUT2D eigenvalue weighted by molar-refractivity contribution is -0.132. The largest absolute Gasteiger partial charge is 0.477 e. The zero-order valence-electron chi connectivity index (χ0n) is 16.4. The van der Waals surface area contributed by atoms with E-state index < -0.39 is 29.6 Å². The van der Waals surface area contributed by atoms with Gasteiger partial charge >= 0.3 is 5.97 Å². The summed E-state index contributed by atoms with van der Waals surface area (Å²) in [6, 6.07) is 9.34. The molecule has 1 aliphatic heterocycles. The lowest BCUT2D eigenvalue weighted by Crippen LogP contribution is -2.26. The molecule has 7 nitrogen and oxygen atoms in total. The molecule has 0 spiro atoms. The molecule has 0 radical (unpaired) electrons. The van der Waals surface area contributed by atoms with Crippen LogP contribution in [0.4, 0.5) is 20.3 Å². The minimum atomic E-state index is -1.29. The monoisotopic (exact) mass is 424 g/mol. The fraction of sp³-hybridized carbons (Fsp3) is 0.136. The molecule has 158 valence electrons. The highest BCUT2D eigenvalue weighted by atomic mass is 19.1. The van der Waals surface area contributed by atoms with Gasteiger partial charge in [-0.05, 0) is 30.2 Å². The number of halogens is 2. The van der Waals surface area contributed by atoms with E-state index in [9.17, 15) is 23.5 Å². The van der Waals surface area contributed by atoms with Crippen LogP contribution < -0.4 is 10.6 Å². The molecular formula is C22H18F2N4O3. The zero-order chi connectivity index (χ0) is 22.1. The highest BCUT2D eigenvalue weighted by Gasteiger charge is 2.31. The summed E-state index contributed by atoms with van der Waals surface area (Å²) in [4.78, 5) is 24.6. The Bertz CT molecular complexity index is 1220. The number of hydrogen-bond donors (Lipinski definition) is 3. The van der Waals surface area contributed by atoms with Crippen molar-refractivity contribution in [3.63, 3.8) is 0 Å². The van der Waals surface area contributed by atoms with Crippen molar-refractivity contribution in [2.75, 3.05) is 10.6 Å². The van der Waals surface area contributed by atoms with Gasteiger partial charge in [-0.15, -0.1) is 0 Å². The number of carboxylic acids is 1. The fourth-order valence-electron chi connectivity index (χ4n) is 3.49. The number of aromatic nitrogens is 2. The van der Waals surface area contributed by atoms with Gasteiger partial charge in [0.2, 0.25) is 0 Å². The summed E-state index contributed by atoms with van der Waals surface area (Å²) in [5, 5.41) is 19.2. The van der Waals surface area contributed by atoms with Crippen LogP contribution in [0.1, 0.15) is 34.5 Å². The van der Waals surface area contributed by atoms with Crippen LogP contribution in [-0.4, -0.2) is 26.8 Å². The van der Waals surface area contributed by atoms with Gasteiger partial charge in [0.05, 0.1) is 6.20 Å². The first-order chi connectivity index (χ1) is 14.9. The molecule has 4 rings (SSSR count). The van der Waals surface area contributed by atoms with E-state index in [-0.39, 0.29) is 22.6 Å². The summed E-state index contributed by atoms with van der Waals surface area (Å²) in [6.07, 6.45) is 3.24. The van der Waals surface area contributed by atoms with Crippen molar-refractivity contribution in [1.29, 1.82) is 0 Å². The lowest BCUT2D eigenvalue weighted by atomic mass is 10.0. The molecule has 3 N–H and O–H groups in total. The van der Waals surface area contributed by atoms with E-state index in [1.165, 1.54) is 23.0 Å². The Labute approximate surface area is 176 Å². The average molecular weight is 424 g/mol. The van der Waals surface area contributed by atoms with Crippen LogP contribution in [0.2, 0.25) is 0 Å². The topological polar surface area (TPSA) is 96.3 Å². The SMILES string of the molecule is CCc1ccccc1NC(=O)c1cnn2c1NC(C(=O)O)=CC2c1ccc(F)cc1F. The van der Waals surface area contributed by atoms with Gasteiger partial charge in [0.25, 0.3) is 5.91 Å². The van der Waals surface area contributed by atoms with Crippen LogP contribution in [0.25, 0.3) is 0 Å². The molecular weight excluding hydrogens is 406 g/mol. The molecule has 1 aromatic heterocycles. The molecule has 0 saturated heterocycles. The second-order valence-corrected chi connectivity index (χ2v) is 6.94. The van der Waals surface area contributed by atoms with Crippen LogP contribution >= 0.6 is 0 Å². The summed E-state index contributed by atoms with van der Waals surface area (Å²) in [7, 11) is 0. The lowest BCUT2D eigenvalue weighted by Gasteiger charge is -2.24. The Morgan fingerprint density at radius 1 is 1.23 bits per heavy atom. The van der Waals surface area contributed by atoms with Crippen molar-refractivity contribution >= 4 is 23.4 Å². The van der Waals surface area contributed by atoms with Gasteiger partial charge in [0, 0.05) is 17.3 Å². The Morgan fingerprint density at radius 2 is 2.00 bits per heavy atom. The molecule has 0 bridgehead atoms. The maximum absolute atomic E-state index is 14.4. The van der Waals surface area contributed by atoms with Gasteiger partial charge in [0.1, 0.15) is 34.8 Å². The Kier molecular flexibility index (Phi) is 5.24. The average Bonchev–Trinajstić information content (AvgIpc) is 3.18. The number of para-hydroxylation sites is 1. The number of fused-ring (bicyclic) bond motifs is 1. The maximum Gasteiger partial charge on any atom is 0.352 e. The zero-order valence-corrected chi connectivity index (χ0v) is 16.4. The molecule has 1 atom stereocenters. The van der Waals surface area contributed by atoms with E-state index in [1.54, 1.807) is 12.1 Å². The van der Waals surface area contributed by atoms with Gasteiger partial charge in [-0.1, -0.05) is 31.2 Å². The summed E-state index contributed by atoms with van der Waals surface area (Å²) < 4.78 is 29.1. The third-order valence-corrected chi connectivity index (χ3v) is 5.04. The van der Waals surface area contributed by atoms with Gasteiger partial charge in [-0.3, -0.25) is 4.79 Å². The Morgan fingerprint density at radius 3 is 2.71 bits per heavy atom. The van der Waals surface area contributed by atoms with E-state index in [2.05, 4.69) is 15.7 Å². The highest BCUT2D eigenvalue weighted by Crippen LogP contribution is 2.34. The first kappa shape index (κ1) is 20.3. The van der Waals surface area contributed by atoms with Gasteiger partial charge in [-0.2, -0.15) is 5.10 Å². The van der Waals surface area contributed by atoms with E-state index in [1.807, 2.05) is 19.1 Å². The second-order valence-electron chi connectivity index (χ2n) is 6.94. The van der Waals surface area contributed by atoms with Crippen molar-refractivity contribution in [3.05, 3.63) is 88.8 Å². The smallest absolute Gasteiger partial charge is 0.352 e. The van der Waals surface area contributed by atoms with Crippen molar-refractivity contribution in [3.8, 4) is 0 Å². The number of hydrogen-bond acceptors (Lipinski definition) is 4. The van der Waals surface area contributed by atoms with Crippen molar-refractivity contribution in [2.45, 2.75) is 19.4 Å². The number of aliphatic carboxylic acids is 1. The van der Waals surface area contributed by atoms with Crippen LogP contribution in [0.3, 0.4) is 0 Å². The molecule has 1 unspecified atom stereocenters. The number of allylic oxidation sites excluding steroid dienone is 1. The van der Waals surface area contributed by atoms with Gasteiger partial charge in [-0.25, -0.2) is 18.3 Å². The van der Waals surface area contributed by atoms with Crippen molar-refractivity contribution in [1.82, 2.24) is 9.78 Å². The number of anilines is 2. The molecule has 0 fully saturated rings. The highest BCUT2D eigenvalue weighted by molar-refractivity contribution is 6.08. The quantitative estimate of drug-likeness (QED) is 0.576. The van der Waals surface area contributed by atoms with Gasteiger partial charge < -0.3 is 15.7 Å². The molecule has 31 heavy (non-hydrogen) atoms. The summed E-state index contributed by atoms with van der Waals surface area (Å²) in [5.41, 5.74) is 1.42. The first-order valence-electron chi connectivity index (χ1n) is 9.53. The van der Waals surface area contributed by atoms with Crippen LogP contribution in [-0.2, 0) is 11.2 Å². The fourth-order valence-corrected chi connectivity index (χ4v) is 3.49. The number of carbonyl (C=O) groups excluding carboxylic acids is 1. The maximum atomic E-state index is 14.4. The summed E-state index contributed by atoms with van der Waals surface area (Å²) in [5.74, 6) is -3.30. The Hall–Kier alpha value is -4.01. The van der Waals surface area contributed by atoms with E-state index in [4.69, 9.17) is 0 Å². The van der Waals surface area contributed by atoms with Crippen LogP contribution in [0, 0.1) is 11.6 Å². The van der Waals surface area contributed by atoms with E-state index >= 15 is 0 Å². The number of carboxylic acid groups (broad SMARTS) is 1. The van der Waals surface area contributed by atoms with Crippen molar-refractivity contribution < 1.29 is 23.5 Å². The number of benzene rings is 2. The predicted octanol–water partition coefficient (Wildman–Crippen LogP) is 3.96. The molecule has 2 heterocycles. The second kappa shape index (κ2) is 8.02. The molecule has 1 amide bonds.